The van der Waals surface area contributed by atoms with Crippen molar-refractivity contribution in [3.05, 3.63) is 0 Å². The largest absolute Gasteiger partial charge is 0.459 e. The van der Waals surface area contributed by atoms with Gasteiger partial charge in [-0.2, -0.15) is 0 Å². The Balaban J connectivity index is 2.35. The van der Waals surface area contributed by atoms with E-state index >= 15 is 0 Å². The number of hydrogen-bond acceptors (Lipinski definition) is 6. The van der Waals surface area contributed by atoms with Crippen LogP contribution in [0.25, 0.3) is 0 Å². The summed E-state index contributed by atoms with van der Waals surface area (Å²) in [5.41, 5.74) is -3.77. The fourth-order valence-electron chi connectivity index (χ4n) is 3.19. The maximum Gasteiger partial charge on any atom is 0.324 e. The van der Waals surface area contributed by atoms with Gasteiger partial charge < -0.3 is 14.2 Å². The van der Waals surface area contributed by atoms with E-state index in [2.05, 4.69) is 0 Å². The molecule has 0 aromatic carbocycles. The Morgan fingerprint density at radius 1 is 1.04 bits per heavy atom. The summed E-state index contributed by atoms with van der Waals surface area (Å²) in [4.78, 5) is 37.3. The second-order valence-electron chi connectivity index (χ2n) is 8.75. The number of hydrogen-bond donors (Lipinski definition) is 0. The van der Waals surface area contributed by atoms with Crippen molar-refractivity contribution in [2.75, 3.05) is 0 Å². The van der Waals surface area contributed by atoms with Crippen LogP contribution in [0.2, 0.25) is 0 Å². The number of esters is 3. The maximum atomic E-state index is 12.8. The first kappa shape index (κ1) is 17.8. The molecular formula is C17H26O6. The molecule has 1 heterocycles. The van der Waals surface area contributed by atoms with Crippen molar-refractivity contribution in [2.45, 2.75) is 78.1 Å². The predicted molar refractivity (Wildman–Crippen MR) is 81.3 cm³/mol. The lowest BCUT2D eigenvalue weighted by molar-refractivity contribution is -0.203. The lowest BCUT2D eigenvalue weighted by Gasteiger charge is -2.40. The zero-order valence-corrected chi connectivity index (χ0v) is 14.9. The molecule has 23 heavy (non-hydrogen) atoms. The quantitative estimate of drug-likeness (QED) is 0.440. The number of carbonyl (C=O) groups is 3. The normalized spacial score (nSPS) is 29.2. The van der Waals surface area contributed by atoms with Crippen molar-refractivity contribution in [3.8, 4) is 0 Å². The van der Waals surface area contributed by atoms with Crippen molar-refractivity contribution in [1.29, 1.82) is 0 Å². The number of carbonyl (C=O) groups excluding carboxylic acids is 3. The van der Waals surface area contributed by atoms with Crippen LogP contribution in [0, 0.1) is 11.3 Å². The minimum atomic E-state index is -1.49. The first-order valence-corrected chi connectivity index (χ1v) is 7.88. The molecule has 0 N–H and O–H groups in total. The molecule has 6 heteroatoms. The summed E-state index contributed by atoms with van der Waals surface area (Å²) >= 11 is 0. The average molecular weight is 326 g/mol. The van der Waals surface area contributed by atoms with Crippen LogP contribution >= 0.6 is 0 Å². The van der Waals surface area contributed by atoms with Crippen LogP contribution in [0.4, 0.5) is 0 Å². The molecule has 0 bridgehead atoms. The first-order chi connectivity index (χ1) is 10.2. The van der Waals surface area contributed by atoms with Crippen LogP contribution in [-0.2, 0) is 28.6 Å². The molecular weight excluding hydrogens is 300 g/mol. The van der Waals surface area contributed by atoms with Crippen molar-refractivity contribution in [3.63, 3.8) is 0 Å². The molecule has 2 aliphatic rings. The van der Waals surface area contributed by atoms with Gasteiger partial charge in [-0.25, -0.2) is 0 Å². The predicted octanol–water partition coefficient (Wildman–Crippen LogP) is 2.38. The minimum absolute atomic E-state index is 0.0756. The van der Waals surface area contributed by atoms with Gasteiger partial charge >= 0.3 is 17.9 Å². The van der Waals surface area contributed by atoms with E-state index in [4.69, 9.17) is 14.2 Å². The Kier molecular flexibility index (Phi) is 3.82. The van der Waals surface area contributed by atoms with Crippen LogP contribution in [0.3, 0.4) is 0 Å². The van der Waals surface area contributed by atoms with Crippen LogP contribution in [0.1, 0.15) is 61.3 Å². The van der Waals surface area contributed by atoms with Crippen LogP contribution in [-0.4, -0.2) is 34.7 Å². The van der Waals surface area contributed by atoms with E-state index in [0.29, 0.717) is 0 Å². The first-order valence-electron chi connectivity index (χ1n) is 7.88. The van der Waals surface area contributed by atoms with Gasteiger partial charge in [-0.05, 0) is 54.9 Å². The lowest BCUT2D eigenvalue weighted by atomic mass is 9.84. The molecule has 2 atom stereocenters. The molecule has 0 aromatic rings. The number of ether oxygens (including phenoxy) is 3. The van der Waals surface area contributed by atoms with Gasteiger partial charge in [0, 0.05) is 6.42 Å². The highest BCUT2D eigenvalue weighted by Crippen LogP contribution is 2.57. The number of rotatable bonds is 2. The van der Waals surface area contributed by atoms with Gasteiger partial charge in [-0.15, -0.1) is 0 Å². The summed E-state index contributed by atoms with van der Waals surface area (Å²) in [6.07, 6.45) is 0.173. The Bertz CT molecular complexity index is 522. The van der Waals surface area contributed by atoms with Gasteiger partial charge in [-0.3, -0.25) is 14.4 Å². The van der Waals surface area contributed by atoms with E-state index in [1.165, 1.54) is 0 Å². The second-order valence-corrected chi connectivity index (χ2v) is 8.75. The van der Waals surface area contributed by atoms with E-state index in [1.807, 2.05) is 0 Å². The highest BCUT2D eigenvalue weighted by atomic mass is 16.6. The van der Waals surface area contributed by atoms with Crippen LogP contribution in [0.5, 0.6) is 0 Å². The topological polar surface area (TPSA) is 78.9 Å². The van der Waals surface area contributed by atoms with Gasteiger partial charge in [0.05, 0.1) is 5.92 Å². The highest BCUT2D eigenvalue weighted by Gasteiger charge is 2.71. The molecule has 0 radical (unpaired) electrons. The van der Waals surface area contributed by atoms with Crippen LogP contribution in [0.15, 0.2) is 0 Å². The zero-order chi connectivity index (χ0) is 17.8. The smallest absolute Gasteiger partial charge is 0.324 e. The Morgan fingerprint density at radius 3 is 1.78 bits per heavy atom. The Hall–Kier alpha value is -1.59. The van der Waals surface area contributed by atoms with Gasteiger partial charge in [0.2, 0.25) is 0 Å². The molecule has 1 saturated carbocycles. The molecule has 2 fully saturated rings. The summed E-state index contributed by atoms with van der Waals surface area (Å²) in [6.45, 7) is 12.2. The highest BCUT2D eigenvalue weighted by molar-refractivity contribution is 6.02. The fourth-order valence-corrected chi connectivity index (χ4v) is 3.19. The summed E-state index contributed by atoms with van der Waals surface area (Å²) in [5.74, 6) is -2.14. The molecule has 2 rings (SSSR count). The summed E-state index contributed by atoms with van der Waals surface area (Å²) in [7, 11) is 0. The van der Waals surface area contributed by atoms with E-state index < -0.39 is 40.1 Å². The Labute approximate surface area is 136 Å². The molecule has 6 nitrogen and oxygen atoms in total. The minimum Gasteiger partial charge on any atom is -0.459 e. The molecule has 0 spiro atoms. The zero-order valence-electron chi connectivity index (χ0n) is 14.9. The van der Waals surface area contributed by atoms with Gasteiger partial charge in [0.1, 0.15) is 16.8 Å². The van der Waals surface area contributed by atoms with Crippen LogP contribution < -0.4 is 0 Å². The molecule has 130 valence electrons. The average Bonchev–Trinajstić information content (AvgIpc) is 2.54. The van der Waals surface area contributed by atoms with Crippen molar-refractivity contribution in [1.82, 2.24) is 0 Å². The molecule has 1 aliphatic carbocycles. The van der Waals surface area contributed by atoms with E-state index in [1.54, 1.807) is 48.5 Å². The summed E-state index contributed by atoms with van der Waals surface area (Å²) in [6, 6.07) is 0. The van der Waals surface area contributed by atoms with Crippen molar-refractivity contribution in [2.24, 2.45) is 11.3 Å². The van der Waals surface area contributed by atoms with E-state index in [9.17, 15) is 14.4 Å². The molecule has 1 saturated heterocycles. The standard InChI is InChI=1S/C17H26O6/c1-14(2,3)22-12(19)17(13(20)23-15(4,5)6)8-10-11(18)21-16(10,7)9-17/h10H,8-9H2,1-7H3/t10-,16-/m1/s1. The van der Waals surface area contributed by atoms with E-state index in [-0.39, 0.29) is 18.8 Å². The molecule has 0 aromatic heterocycles. The molecule has 1 aliphatic heterocycles. The van der Waals surface area contributed by atoms with Crippen molar-refractivity contribution >= 4 is 17.9 Å². The summed E-state index contributed by atoms with van der Waals surface area (Å²) in [5, 5.41) is 0. The maximum absolute atomic E-state index is 12.8. The lowest BCUT2D eigenvalue weighted by Crippen LogP contribution is -2.52. The Morgan fingerprint density at radius 2 is 1.48 bits per heavy atom. The SMILES string of the molecule is CC(C)(C)OC(=O)C1(C(=O)OC(C)(C)C)C[C@@H]2C(=O)O[C@]2(C)C1. The number of fused-ring (bicyclic) bond motifs is 1. The van der Waals surface area contributed by atoms with Gasteiger partial charge in [-0.1, -0.05) is 0 Å². The molecule has 0 amide bonds. The third-order valence-electron chi connectivity index (χ3n) is 4.14. The van der Waals surface area contributed by atoms with E-state index in [0.717, 1.165) is 0 Å². The second kappa shape index (κ2) is 4.95. The third kappa shape index (κ3) is 3.21. The fraction of sp³-hybridized carbons (Fsp3) is 0.824. The monoisotopic (exact) mass is 326 g/mol. The summed E-state index contributed by atoms with van der Waals surface area (Å²) < 4.78 is 16.1. The van der Waals surface area contributed by atoms with Gasteiger partial charge in [0.15, 0.2) is 5.41 Å². The van der Waals surface area contributed by atoms with Crippen molar-refractivity contribution < 1.29 is 28.6 Å². The van der Waals surface area contributed by atoms with Gasteiger partial charge in [0.25, 0.3) is 0 Å². The third-order valence-corrected chi connectivity index (χ3v) is 4.14. The molecule has 0 unspecified atom stereocenters.